The topological polar surface area (TPSA) is 81.9 Å². The zero-order chi connectivity index (χ0) is 22.8. The van der Waals surface area contributed by atoms with Crippen molar-refractivity contribution in [3.8, 4) is 11.4 Å². The first kappa shape index (κ1) is 21.4. The molecule has 1 saturated carbocycles. The Bertz CT molecular complexity index is 1300. The maximum Gasteiger partial charge on any atom is 0.223 e. The summed E-state index contributed by atoms with van der Waals surface area (Å²) < 4.78 is 8.19. The molecule has 1 aromatic carbocycles. The summed E-state index contributed by atoms with van der Waals surface area (Å²) in [7, 11) is 0. The number of rotatable bonds is 7. The van der Waals surface area contributed by atoms with Crippen LogP contribution >= 0.6 is 11.6 Å². The van der Waals surface area contributed by atoms with E-state index in [2.05, 4.69) is 15.3 Å². The molecular formula is C25H24ClN5O2. The van der Waals surface area contributed by atoms with E-state index in [0.29, 0.717) is 17.3 Å². The number of carbonyl (C=O) groups is 1. The Morgan fingerprint density at radius 1 is 1.27 bits per heavy atom. The number of aryl methyl sites for hydroxylation is 1. The van der Waals surface area contributed by atoms with Crippen LogP contribution < -0.4 is 10.1 Å². The second kappa shape index (κ2) is 9.19. The van der Waals surface area contributed by atoms with Crippen molar-refractivity contribution in [2.24, 2.45) is 5.92 Å². The summed E-state index contributed by atoms with van der Waals surface area (Å²) in [6, 6.07) is 7.89. The summed E-state index contributed by atoms with van der Waals surface area (Å²) >= 11 is 6.47. The van der Waals surface area contributed by atoms with E-state index >= 15 is 0 Å². The summed E-state index contributed by atoms with van der Waals surface area (Å²) in [6.07, 6.45) is 11.8. The Balaban J connectivity index is 1.41. The van der Waals surface area contributed by atoms with Gasteiger partial charge in [-0.3, -0.25) is 9.78 Å². The van der Waals surface area contributed by atoms with Crippen LogP contribution in [-0.2, 0) is 17.9 Å². The third kappa shape index (κ3) is 4.41. The molecule has 0 spiro atoms. The molecule has 3 heterocycles. The van der Waals surface area contributed by atoms with Crippen LogP contribution in [0, 0.1) is 12.8 Å². The van der Waals surface area contributed by atoms with Gasteiger partial charge in [0.15, 0.2) is 0 Å². The number of benzene rings is 1. The monoisotopic (exact) mass is 461 g/mol. The Kier molecular flexibility index (Phi) is 5.96. The maximum atomic E-state index is 12.3. The van der Waals surface area contributed by atoms with E-state index in [1.165, 1.54) is 0 Å². The second-order valence-corrected chi connectivity index (χ2v) is 8.71. The molecule has 1 aliphatic carbocycles. The summed E-state index contributed by atoms with van der Waals surface area (Å²) in [5.41, 5.74) is 4.29. The SMILES string of the molecule is Cc1cc(-n2ccnc2)c2cccc(OCc3c(Cl)cncc3CNC(=O)C3CCC3)c2n1. The number of amides is 1. The third-order valence-corrected chi connectivity index (χ3v) is 6.41. The fourth-order valence-corrected chi connectivity index (χ4v) is 4.26. The molecule has 4 aromatic rings. The fraction of sp³-hybridized carbons (Fsp3) is 0.280. The largest absolute Gasteiger partial charge is 0.487 e. The van der Waals surface area contributed by atoms with Crippen LogP contribution in [-0.4, -0.2) is 25.4 Å². The van der Waals surface area contributed by atoms with Gasteiger partial charge in [0.2, 0.25) is 5.91 Å². The van der Waals surface area contributed by atoms with E-state index < -0.39 is 0 Å². The van der Waals surface area contributed by atoms with Gasteiger partial charge in [0, 0.05) is 53.9 Å². The van der Waals surface area contributed by atoms with Gasteiger partial charge < -0.3 is 14.6 Å². The Hall–Kier alpha value is -3.45. The average molecular weight is 462 g/mol. The average Bonchev–Trinajstić information content (AvgIpc) is 3.30. The van der Waals surface area contributed by atoms with Gasteiger partial charge >= 0.3 is 0 Å². The lowest BCUT2D eigenvalue weighted by molar-refractivity contribution is -0.127. The van der Waals surface area contributed by atoms with Gasteiger partial charge in [-0.25, -0.2) is 9.97 Å². The van der Waals surface area contributed by atoms with E-state index in [9.17, 15) is 4.79 Å². The minimum atomic E-state index is 0.0915. The molecule has 33 heavy (non-hydrogen) atoms. The summed E-state index contributed by atoms with van der Waals surface area (Å²) in [5.74, 6) is 0.885. The molecule has 8 heteroatoms. The zero-order valence-electron chi connectivity index (χ0n) is 18.3. The van der Waals surface area contributed by atoms with Gasteiger partial charge in [-0.15, -0.1) is 0 Å². The Morgan fingerprint density at radius 2 is 2.15 bits per heavy atom. The summed E-state index contributed by atoms with van der Waals surface area (Å²) in [5, 5.41) is 4.48. The standard InChI is InChI=1S/C25H24ClN5O2/c1-16-10-22(31-9-8-27-15-31)19-6-3-7-23(24(19)30-16)33-14-20-18(11-28-13-21(20)26)12-29-25(32)17-4-2-5-17/h3,6-11,13,15,17H,2,4-5,12,14H2,1H3,(H,29,32). The number of halogens is 1. The lowest BCUT2D eigenvalue weighted by Gasteiger charge is -2.24. The van der Waals surface area contributed by atoms with Gasteiger partial charge in [-0.05, 0) is 37.5 Å². The molecule has 7 nitrogen and oxygen atoms in total. The fourth-order valence-electron chi connectivity index (χ4n) is 4.02. The number of aromatic nitrogens is 4. The van der Waals surface area contributed by atoms with Crippen LogP contribution in [0.5, 0.6) is 5.75 Å². The molecule has 168 valence electrons. The van der Waals surface area contributed by atoms with Gasteiger partial charge in [0.05, 0.1) is 17.0 Å². The van der Waals surface area contributed by atoms with Crippen LogP contribution in [0.2, 0.25) is 5.02 Å². The summed E-state index contributed by atoms with van der Waals surface area (Å²) in [6.45, 7) is 2.57. The molecule has 1 aliphatic rings. The molecule has 0 radical (unpaired) electrons. The third-order valence-electron chi connectivity index (χ3n) is 6.09. The Morgan fingerprint density at radius 3 is 2.91 bits per heavy atom. The number of ether oxygens (including phenoxy) is 1. The number of nitrogens with zero attached hydrogens (tertiary/aromatic N) is 4. The normalized spacial score (nSPS) is 13.6. The van der Waals surface area contributed by atoms with Crippen molar-refractivity contribution in [1.29, 1.82) is 0 Å². The molecule has 1 fully saturated rings. The highest BCUT2D eigenvalue weighted by Crippen LogP contribution is 2.31. The molecule has 0 atom stereocenters. The smallest absolute Gasteiger partial charge is 0.223 e. The van der Waals surface area contributed by atoms with Gasteiger partial charge in [-0.1, -0.05) is 30.2 Å². The number of hydrogen-bond donors (Lipinski definition) is 1. The number of imidazole rings is 1. The first-order valence-corrected chi connectivity index (χ1v) is 11.4. The molecule has 0 aliphatic heterocycles. The van der Waals surface area contributed by atoms with E-state index in [0.717, 1.165) is 52.7 Å². The number of pyridine rings is 2. The number of para-hydroxylation sites is 1. The maximum absolute atomic E-state index is 12.3. The van der Waals surface area contributed by atoms with Crippen LogP contribution in [0.4, 0.5) is 0 Å². The van der Waals surface area contributed by atoms with Gasteiger partial charge in [-0.2, -0.15) is 0 Å². The minimum absolute atomic E-state index is 0.0915. The van der Waals surface area contributed by atoms with Gasteiger partial charge in [0.1, 0.15) is 17.9 Å². The van der Waals surface area contributed by atoms with Crippen LogP contribution in [0.25, 0.3) is 16.6 Å². The second-order valence-electron chi connectivity index (χ2n) is 8.30. The van der Waals surface area contributed by atoms with Gasteiger partial charge in [0.25, 0.3) is 0 Å². The first-order chi connectivity index (χ1) is 16.1. The van der Waals surface area contributed by atoms with Crippen LogP contribution in [0.3, 0.4) is 0 Å². The highest BCUT2D eigenvalue weighted by atomic mass is 35.5. The molecule has 5 rings (SSSR count). The van der Waals surface area contributed by atoms with E-state index in [1.54, 1.807) is 24.9 Å². The quantitative estimate of drug-likeness (QED) is 0.428. The van der Waals surface area contributed by atoms with Crippen molar-refractivity contribution in [1.82, 2.24) is 24.8 Å². The van der Waals surface area contributed by atoms with Crippen LogP contribution in [0.1, 0.15) is 36.1 Å². The van der Waals surface area contributed by atoms with Crippen molar-refractivity contribution < 1.29 is 9.53 Å². The predicted octanol–water partition coefficient (Wildman–Crippen LogP) is 4.77. The molecule has 3 aromatic heterocycles. The number of carbonyl (C=O) groups excluding carboxylic acids is 1. The highest BCUT2D eigenvalue weighted by molar-refractivity contribution is 6.31. The lowest BCUT2D eigenvalue weighted by Crippen LogP contribution is -2.34. The number of nitrogens with one attached hydrogen (secondary N) is 1. The highest BCUT2D eigenvalue weighted by Gasteiger charge is 2.25. The van der Waals surface area contributed by atoms with E-state index in [1.807, 2.05) is 42.0 Å². The van der Waals surface area contributed by atoms with Crippen molar-refractivity contribution in [3.63, 3.8) is 0 Å². The molecular weight excluding hydrogens is 438 g/mol. The molecule has 1 N–H and O–H groups in total. The molecule has 0 bridgehead atoms. The van der Waals surface area contributed by atoms with E-state index in [4.69, 9.17) is 21.3 Å². The number of hydrogen-bond acceptors (Lipinski definition) is 5. The predicted molar refractivity (Wildman–Crippen MR) is 126 cm³/mol. The number of fused-ring (bicyclic) bond motifs is 1. The summed E-state index contributed by atoms with van der Waals surface area (Å²) in [4.78, 5) is 25.4. The van der Waals surface area contributed by atoms with Crippen LogP contribution in [0.15, 0.2) is 55.4 Å². The minimum Gasteiger partial charge on any atom is -0.487 e. The molecule has 0 saturated heterocycles. The van der Waals surface area contributed by atoms with Crippen molar-refractivity contribution >= 4 is 28.4 Å². The molecule has 0 unspecified atom stereocenters. The first-order valence-electron chi connectivity index (χ1n) is 11.0. The van der Waals surface area contributed by atoms with Crippen molar-refractivity contribution in [2.45, 2.75) is 39.3 Å². The lowest BCUT2D eigenvalue weighted by atomic mass is 9.85. The zero-order valence-corrected chi connectivity index (χ0v) is 19.0. The van der Waals surface area contributed by atoms with Crippen molar-refractivity contribution in [2.75, 3.05) is 0 Å². The van der Waals surface area contributed by atoms with E-state index in [-0.39, 0.29) is 18.4 Å². The van der Waals surface area contributed by atoms with Crippen molar-refractivity contribution in [3.05, 3.63) is 77.2 Å². The Labute approximate surface area is 196 Å². The molecule has 1 amide bonds.